The standard InChI is InChI=1S/C18H24N4O2/c1-21(2)11-18(24)9-6-10-22(12-18)17(23)16-15(19-13-20-16)14-7-4-3-5-8-14/h3-5,7-8,13,24H,6,9-12H2,1-2H3,(H,19,20). The van der Waals surface area contributed by atoms with E-state index in [0.717, 1.165) is 12.0 Å². The normalized spacial score (nSPS) is 21.2. The third-order valence-corrected chi connectivity index (χ3v) is 4.35. The summed E-state index contributed by atoms with van der Waals surface area (Å²) in [5, 5.41) is 10.8. The van der Waals surface area contributed by atoms with Crippen molar-refractivity contribution >= 4 is 5.91 Å². The van der Waals surface area contributed by atoms with E-state index in [0.29, 0.717) is 37.4 Å². The number of nitrogens with one attached hydrogen (secondary N) is 1. The van der Waals surface area contributed by atoms with E-state index >= 15 is 0 Å². The van der Waals surface area contributed by atoms with Gasteiger partial charge in [-0.3, -0.25) is 4.79 Å². The summed E-state index contributed by atoms with van der Waals surface area (Å²) in [6.07, 6.45) is 3.06. The van der Waals surface area contributed by atoms with Crippen LogP contribution in [-0.2, 0) is 0 Å². The number of aromatic amines is 1. The maximum Gasteiger partial charge on any atom is 0.272 e. The minimum absolute atomic E-state index is 0.108. The molecule has 2 heterocycles. The molecule has 1 atom stereocenters. The van der Waals surface area contributed by atoms with Crippen LogP contribution in [0.5, 0.6) is 0 Å². The van der Waals surface area contributed by atoms with Gasteiger partial charge < -0.3 is 19.9 Å². The lowest BCUT2D eigenvalue weighted by Gasteiger charge is -2.40. The van der Waals surface area contributed by atoms with Crippen molar-refractivity contribution in [1.82, 2.24) is 19.8 Å². The van der Waals surface area contributed by atoms with Gasteiger partial charge in [-0.1, -0.05) is 30.3 Å². The molecule has 1 saturated heterocycles. The Balaban J connectivity index is 1.81. The number of H-pyrrole nitrogens is 1. The lowest BCUT2D eigenvalue weighted by atomic mass is 9.92. The average molecular weight is 328 g/mol. The van der Waals surface area contributed by atoms with Gasteiger partial charge in [0, 0.05) is 18.7 Å². The zero-order valence-corrected chi connectivity index (χ0v) is 14.2. The number of likely N-dealkylation sites (tertiary alicyclic amines) is 1. The van der Waals surface area contributed by atoms with Crippen molar-refractivity contribution in [3.8, 4) is 11.3 Å². The number of benzene rings is 1. The molecule has 6 heteroatoms. The average Bonchev–Trinajstić information content (AvgIpc) is 3.03. The SMILES string of the molecule is CN(C)CC1(O)CCCN(C(=O)c2[nH]cnc2-c2ccccc2)C1. The van der Waals surface area contributed by atoms with Crippen LogP contribution in [0.1, 0.15) is 23.3 Å². The summed E-state index contributed by atoms with van der Waals surface area (Å²) in [5.41, 5.74) is 1.19. The topological polar surface area (TPSA) is 72.5 Å². The Hall–Kier alpha value is -2.18. The molecule has 6 nitrogen and oxygen atoms in total. The first-order valence-corrected chi connectivity index (χ1v) is 8.24. The van der Waals surface area contributed by atoms with E-state index in [1.807, 2.05) is 49.3 Å². The van der Waals surface area contributed by atoms with E-state index in [9.17, 15) is 9.90 Å². The van der Waals surface area contributed by atoms with E-state index < -0.39 is 5.60 Å². The number of nitrogens with zero attached hydrogens (tertiary/aromatic N) is 3. The molecular formula is C18H24N4O2. The molecule has 2 N–H and O–H groups in total. The molecule has 1 aromatic heterocycles. The van der Waals surface area contributed by atoms with Gasteiger partial charge in [0.2, 0.25) is 0 Å². The molecule has 1 aliphatic rings. The van der Waals surface area contributed by atoms with E-state index in [1.165, 1.54) is 0 Å². The van der Waals surface area contributed by atoms with E-state index in [4.69, 9.17) is 0 Å². The zero-order chi connectivity index (χ0) is 17.2. The molecule has 0 radical (unpaired) electrons. The molecule has 3 rings (SSSR count). The summed E-state index contributed by atoms with van der Waals surface area (Å²) in [4.78, 5) is 23.9. The molecule has 128 valence electrons. The van der Waals surface area contributed by atoms with Crippen molar-refractivity contribution in [2.24, 2.45) is 0 Å². The molecule has 0 aliphatic carbocycles. The van der Waals surface area contributed by atoms with Crippen LogP contribution in [-0.4, -0.2) is 70.1 Å². The Kier molecular flexibility index (Phi) is 4.69. The third kappa shape index (κ3) is 3.49. The predicted octanol–water partition coefficient (Wildman–Crippen LogP) is 1.61. The van der Waals surface area contributed by atoms with Gasteiger partial charge in [0.1, 0.15) is 11.4 Å². The first-order valence-electron chi connectivity index (χ1n) is 8.24. The second-order valence-electron chi connectivity index (χ2n) is 6.78. The van der Waals surface area contributed by atoms with Crippen LogP contribution in [0.2, 0.25) is 0 Å². The Morgan fingerprint density at radius 2 is 2.12 bits per heavy atom. The van der Waals surface area contributed by atoms with E-state index in [-0.39, 0.29) is 5.91 Å². The molecule has 0 bridgehead atoms. The van der Waals surface area contributed by atoms with Crippen LogP contribution in [0.15, 0.2) is 36.7 Å². The monoisotopic (exact) mass is 328 g/mol. The lowest BCUT2D eigenvalue weighted by molar-refractivity contribution is -0.0392. The van der Waals surface area contributed by atoms with Gasteiger partial charge in [-0.25, -0.2) is 4.98 Å². The molecule has 2 aromatic rings. The number of hydrogen-bond donors (Lipinski definition) is 2. The third-order valence-electron chi connectivity index (χ3n) is 4.35. The number of piperidine rings is 1. The first kappa shape index (κ1) is 16.7. The van der Waals surface area contributed by atoms with Crippen molar-refractivity contribution in [2.75, 3.05) is 33.7 Å². The Morgan fingerprint density at radius 1 is 1.38 bits per heavy atom. The van der Waals surface area contributed by atoms with Crippen LogP contribution in [0.4, 0.5) is 0 Å². The number of carbonyl (C=O) groups is 1. The summed E-state index contributed by atoms with van der Waals surface area (Å²) in [6, 6.07) is 9.66. The van der Waals surface area contributed by atoms with Gasteiger partial charge in [-0.2, -0.15) is 0 Å². The lowest BCUT2D eigenvalue weighted by Crippen LogP contribution is -2.54. The highest BCUT2D eigenvalue weighted by atomic mass is 16.3. The zero-order valence-electron chi connectivity index (χ0n) is 14.2. The number of β-amino-alcohol motifs (C(OH)–C–C–N with tert-alkyl or cyclic N) is 1. The first-order chi connectivity index (χ1) is 11.5. The number of likely N-dealkylation sites (N-methyl/N-ethyl adjacent to an activating group) is 1. The summed E-state index contributed by atoms with van der Waals surface area (Å²) in [7, 11) is 3.86. The summed E-state index contributed by atoms with van der Waals surface area (Å²) >= 11 is 0. The molecule has 1 aliphatic heterocycles. The maximum absolute atomic E-state index is 13.0. The number of aromatic nitrogens is 2. The summed E-state index contributed by atoms with van der Waals surface area (Å²) in [6.45, 7) is 1.55. The summed E-state index contributed by atoms with van der Waals surface area (Å²) < 4.78 is 0. The van der Waals surface area contributed by atoms with Crippen LogP contribution in [0.25, 0.3) is 11.3 Å². The van der Waals surface area contributed by atoms with Gasteiger partial charge in [0.25, 0.3) is 5.91 Å². The molecular weight excluding hydrogens is 304 g/mol. The predicted molar refractivity (Wildman–Crippen MR) is 92.7 cm³/mol. The van der Waals surface area contributed by atoms with Crippen molar-refractivity contribution < 1.29 is 9.90 Å². The smallest absolute Gasteiger partial charge is 0.272 e. The van der Waals surface area contributed by atoms with Crippen molar-refractivity contribution in [1.29, 1.82) is 0 Å². The molecule has 1 fully saturated rings. The minimum atomic E-state index is -0.857. The van der Waals surface area contributed by atoms with Crippen molar-refractivity contribution in [3.05, 3.63) is 42.4 Å². The fourth-order valence-electron chi connectivity index (χ4n) is 3.43. The second-order valence-corrected chi connectivity index (χ2v) is 6.78. The van der Waals surface area contributed by atoms with Gasteiger partial charge in [0.05, 0.1) is 18.5 Å². The second kappa shape index (κ2) is 6.75. The molecule has 0 saturated carbocycles. The van der Waals surface area contributed by atoms with Crippen LogP contribution in [0.3, 0.4) is 0 Å². The van der Waals surface area contributed by atoms with E-state index in [1.54, 1.807) is 11.2 Å². The maximum atomic E-state index is 13.0. The molecule has 0 spiro atoms. The van der Waals surface area contributed by atoms with Crippen molar-refractivity contribution in [3.63, 3.8) is 0 Å². The summed E-state index contributed by atoms with van der Waals surface area (Å²) in [5.74, 6) is -0.108. The molecule has 1 aromatic carbocycles. The highest BCUT2D eigenvalue weighted by Crippen LogP contribution is 2.26. The molecule has 1 amide bonds. The quantitative estimate of drug-likeness (QED) is 0.894. The highest BCUT2D eigenvalue weighted by Gasteiger charge is 2.36. The van der Waals surface area contributed by atoms with Gasteiger partial charge in [-0.05, 0) is 26.9 Å². The van der Waals surface area contributed by atoms with Gasteiger partial charge in [0.15, 0.2) is 0 Å². The Labute approximate surface area is 142 Å². The van der Waals surface area contributed by atoms with Crippen LogP contribution < -0.4 is 0 Å². The van der Waals surface area contributed by atoms with Gasteiger partial charge in [-0.15, -0.1) is 0 Å². The Morgan fingerprint density at radius 3 is 2.83 bits per heavy atom. The highest BCUT2D eigenvalue weighted by molar-refractivity contribution is 5.98. The van der Waals surface area contributed by atoms with Crippen LogP contribution in [0, 0.1) is 0 Å². The van der Waals surface area contributed by atoms with Crippen molar-refractivity contribution in [2.45, 2.75) is 18.4 Å². The van der Waals surface area contributed by atoms with E-state index in [2.05, 4.69) is 9.97 Å². The number of imidazole rings is 1. The number of aliphatic hydroxyl groups is 1. The number of carbonyl (C=O) groups excluding carboxylic acids is 1. The fourth-order valence-corrected chi connectivity index (χ4v) is 3.43. The largest absolute Gasteiger partial charge is 0.387 e. The number of amides is 1. The van der Waals surface area contributed by atoms with Gasteiger partial charge >= 0.3 is 0 Å². The Bertz CT molecular complexity index is 698. The minimum Gasteiger partial charge on any atom is -0.387 e. The molecule has 1 unspecified atom stereocenters. The number of hydrogen-bond acceptors (Lipinski definition) is 4. The van der Waals surface area contributed by atoms with Crippen LogP contribution >= 0.6 is 0 Å². The fraction of sp³-hybridized carbons (Fsp3) is 0.444. The molecule has 24 heavy (non-hydrogen) atoms. The number of rotatable bonds is 4.